The SMILES string of the molecule is CC(CN)C(C)c1c(Cl)cnn1CCN(C)C. The van der Waals surface area contributed by atoms with E-state index in [1.165, 1.54) is 0 Å². The monoisotopic (exact) mass is 258 g/mol. The lowest BCUT2D eigenvalue weighted by atomic mass is 9.93. The van der Waals surface area contributed by atoms with Crippen LogP contribution in [0.3, 0.4) is 0 Å². The average molecular weight is 259 g/mol. The highest BCUT2D eigenvalue weighted by Crippen LogP contribution is 2.29. The Morgan fingerprint density at radius 3 is 2.65 bits per heavy atom. The van der Waals surface area contributed by atoms with E-state index in [0.29, 0.717) is 18.4 Å². The second kappa shape index (κ2) is 6.38. The molecule has 0 aliphatic heterocycles. The summed E-state index contributed by atoms with van der Waals surface area (Å²) in [6.07, 6.45) is 1.73. The van der Waals surface area contributed by atoms with Crippen LogP contribution >= 0.6 is 11.6 Å². The largest absolute Gasteiger partial charge is 0.330 e. The zero-order valence-electron chi connectivity index (χ0n) is 11.2. The summed E-state index contributed by atoms with van der Waals surface area (Å²) in [4.78, 5) is 2.14. The van der Waals surface area contributed by atoms with Crippen molar-refractivity contribution in [3.63, 3.8) is 0 Å². The topological polar surface area (TPSA) is 47.1 Å². The molecule has 0 bridgehead atoms. The smallest absolute Gasteiger partial charge is 0.0820 e. The molecule has 0 radical (unpaired) electrons. The quantitative estimate of drug-likeness (QED) is 0.846. The van der Waals surface area contributed by atoms with E-state index in [2.05, 4.69) is 37.9 Å². The number of hydrogen-bond donors (Lipinski definition) is 1. The Bertz CT molecular complexity index is 348. The van der Waals surface area contributed by atoms with Crippen molar-refractivity contribution in [1.82, 2.24) is 14.7 Å². The molecule has 17 heavy (non-hydrogen) atoms. The van der Waals surface area contributed by atoms with Gasteiger partial charge < -0.3 is 10.6 Å². The van der Waals surface area contributed by atoms with Crippen molar-refractivity contribution in [2.45, 2.75) is 26.3 Å². The summed E-state index contributed by atoms with van der Waals surface area (Å²) >= 11 is 6.22. The molecule has 98 valence electrons. The molecule has 0 saturated heterocycles. The van der Waals surface area contributed by atoms with Gasteiger partial charge in [-0.1, -0.05) is 25.4 Å². The molecule has 2 N–H and O–H groups in total. The standard InChI is InChI=1S/C12H23ClN4/c1-9(7-14)10(2)12-11(13)8-15-17(12)6-5-16(3)4/h8-10H,5-7,14H2,1-4H3. The van der Waals surface area contributed by atoms with Crippen LogP contribution in [0.5, 0.6) is 0 Å². The van der Waals surface area contributed by atoms with Gasteiger partial charge in [-0.3, -0.25) is 4.68 Å². The predicted octanol–water partition coefficient (Wildman–Crippen LogP) is 1.80. The van der Waals surface area contributed by atoms with Crippen molar-refractivity contribution in [3.8, 4) is 0 Å². The molecular formula is C12H23ClN4. The molecule has 1 aromatic heterocycles. The lowest BCUT2D eigenvalue weighted by molar-refractivity contribution is 0.360. The van der Waals surface area contributed by atoms with Gasteiger partial charge in [-0.2, -0.15) is 5.10 Å². The van der Waals surface area contributed by atoms with Crippen molar-refractivity contribution < 1.29 is 0 Å². The number of halogens is 1. The first-order valence-electron chi connectivity index (χ1n) is 6.03. The van der Waals surface area contributed by atoms with Gasteiger partial charge in [-0.25, -0.2) is 0 Å². The third-order valence-electron chi connectivity index (χ3n) is 3.25. The molecule has 1 heterocycles. The fraction of sp³-hybridized carbons (Fsp3) is 0.750. The molecule has 0 aromatic carbocycles. The van der Waals surface area contributed by atoms with Crippen LogP contribution in [-0.2, 0) is 6.54 Å². The summed E-state index contributed by atoms with van der Waals surface area (Å²) in [7, 11) is 4.10. The summed E-state index contributed by atoms with van der Waals surface area (Å²) in [6, 6.07) is 0. The molecule has 1 aromatic rings. The Morgan fingerprint density at radius 1 is 1.47 bits per heavy atom. The maximum Gasteiger partial charge on any atom is 0.0820 e. The number of likely N-dealkylation sites (N-methyl/N-ethyl adjacent to an activating group) is 1. The van der Waals surface area contributed by atoms with Crippen LogP contribution in [0.1, 0.15) is 25.5 Å². The molecule has 0 amide bonds. The summed E-state index contributed by atoms with van der Waals surface area (Å²) < 4.78 is 2.00. The average Bonchev–Trinajstić information content (AvgIpc) is 2.65. The van der Waals surface area contributed by atoms with E-state index in [1.54, 1.807) is 6.20 Å². The molecule has 0 fully saturated rings. The zero-order valence-corrected chi connectivity index (χ0v) is 11.9. The van der Waals surface area contributed by atoms with Crippen LogP contribution in [0.25, 0.3) is 0 Å². The van der Waals surface area contributed by atoms with Crippen LogP contribution in [0.2, 0.25) is 5.02 Å². The zero-order chi connectivity index (χ0) is 13.0. The van der Waals surface area contributed by atoms with Gasteiger partial charge in [-0.05, 0) is 26.6 Å². The van der Waals surface area contributed by atoms with E-state index in [0.717, 1.165) is 23.8 Å². The Labute approximate surface area is 109 Å². The van der Waals surface area contributed by atoms with Gasteiger partial charge in [0.05, 0.1) is 23.5 Å². The fourth-order valence-corrected chi connectivity index (χ4v) is 2.08. The van der Waals surface area contributed by atoms with Crippen molar-refractivity contribution in [2.75, 3.05) is 27.2 Å². The molecule has 4 nitrogen and oxygen atoms in total. The van der Waals surface area contributed by atoms with Gasteiger partial charge in [0, 0.05) is 12.5 Å². The summed E-state index contributed by atoms with van der Waals surface area (Å²) in [5.74, 6) is 0.736. The lowest BCUT2D eigenvalue weighted by Gasteiger charge is -2.21. The number of nitrogens with two attached hydrogens (primary N) is 1. The molecule has 0 aliphatic rings. The Morgan fingerprint density at radius 2 is 2.12 bits per heavy atom. The molecule has 0 spiro atoms. The van der Waals surface area contributed by atoms with E-state index in [-0.39, 0.29) is 0 Å². The van der Waals surface area contributed by atoms with E-state index in [4.69, 9.17) is 17.3 Å². The van der Waals surface area contributed by atoms with Crippen LogP contribution in [0, 0.1) is 5.92 Å². The van der Waals surface area contributed by atoms with Gasteiger partial charge in [0.1, 0.15) is 0 Å². The summed E-state index contributed by atoms with van der Waals surface area (Å²) in [5.41, 5.74) is 6.82. The van der Waals surface area contributed by atoms with Crippen LogP contribution in [-0.4, -0.2) is 41.9 Å². The first-order valence-corrected chi connectivity index (χ1v) is 6.41. The van der Waals surface area contributed by atoms with Crippen LogP contribution in [0.15, 0.2) is 6.20 Å². The van der Waals surface area contributed by atoms with Crippen molar-refractivity contribution in [2.24, 2.45) is 11.7 Å². The summed E-state index contributed by atoms with van der Waals surface area (Å²) in [6.45, 7) is 6.78. The molecule has 5 heteroatoms. The number of rotatable bonds is 6. The maximum absolute atomic E-state index is 6.22. The van der Waals surface area contributed by atoms with Gasteiger partial charge in [0.2, 0.25) is 0 Å². The minimum atomic E-state index is 0.331. The fourth-order valence-electron chi connectivity index (χ4n) is 1.77. The first kappa shape index (κ1) is 14.5. The van der Waals surface area contributed by atoms with Crippen molar-refractivity contribution in [3.05, 3.63) is 16.9 Å². The minimum absolute atomic E-state index is 0.331. The lowest BCUT2D eigenvalue weighted by Crippen LogP contribution is -2.23. The molecular weight excluding hydrogens is 236 g/mol. The van der Waals surface area contributed by atoms with E-state index in [9.17, 15) is 0 Å². The van der Waals surface area contributed by atoms with E-state index < -0.39 is 0 Å². The number of hydrogen-bond acceptors (Lipinski definition) is 3. The third kappa shape index (κ3) is 3.69. The van der Waals surface area contributed by atoms with E-state index in [1.807, 2.05) is 4.68 Å². The normalized spacial score (nSPS) is 15.2. The predicted molar refractivity (Wildman–Crippen MR) is 72.4 cm³/mol. The van der Waals surface area contributed by atoms with Gasteiger partial charge in [0.15, 0.2) is 0 Å². The molecule has 0 saturated carbocycles. The second-order valence-corrected chi connectivity index (χ2v) is 5.31. The van der Waals surface area contributed by atoms with Gasteiger partial charge in [-0.15, -0.1) is 0 Å². The molecule has 2 unspecified atom stereocenters. The van der Waals surface area contributed by atoms with E-state index >= 15 is 0 Å². The van der Waals surface area contributed by atoms with Crippen molar-refractivity contribution in [1.29, 1.82) is 0 Å². The Balaban J connectivity index is 2.85. The minimum Gasteiger partial charge on any atom is -0.330 e. The van der Waals surface area contributed by atoms with Crippen LogP contribution < -0.4 is 5.73 Å². The Kier molecular flexibility index (Phi) is 5.43. The molecule has 2 atom stereocenters. The van der Waals surface area contributed by atoms with Crippen LogP contribution in [0.4, 0.5) is 0 Å². The highest BCUT2D eigenvalue weighted by Gasteiger charge is 2.20. The summed E-state index contributed by atoms with van der Waals surface area (Å²) in [5, 5.41) is 5.09. The second-order valence-electron chi connectivity index (χ2n) is 4.91. The highest BCUT2D eigenvalue weighted by molar-refractivity contribution is 6.31. The maximum atomic E-state index is 6.22. The van der Waals surface area contributed by atoms with Gasteiger partial charge >= 0.3 is 0 Å². The van der Waals surface area contributed by atoms with Gasteiger partial charge in [0.25, 0.3) is 0 Å². The highest BCUT2D eigenvalue weighted by atomic mass is 35.5. The number of nitrogens with zero attached hydrogens (tertiary/aromatic N) is 3. The molecule has 0 aliphatic carbocycles. The number of aromatic nitrogens is 2. The van der Waals surface area contributed by atoms with Crippen molar-refractivity contribution >= 4 is 11.6 Å². The molecule has 1 rings (SSSR count). The Hall–Kier alpha value is -0.580. The third-order valence-corrected chi connectivity index (χ3v) is 3.54. The first-order chi connectivity index (χ1) is 7.97.